The van der Waals surface area contributed by atoms with Crippen LogP contribution in [0.15, 0.2) is 84.9 Å². The van der Waals surface area contributed by atoms with E-state index < -0.39 is 53.3 Å². The molecule has 0 bridgehead atoms. The molecular formula is C29H27FO6. The maximum Gasteiger partial charge on any atom is 0.317 e. The van der Waals surface area contributed by atoms with Crippen LogP contribution in [-0.4, -0.2) is 28.4 Å². The monoisotopic (exact) mass is 490 g/mol. The van der Waals surface area contributed by atoms with Crippen molar-refractivity contribution in [2.75, 3.05) is 0 Å². The van der Waals surface area contributed by atoms with Gasteiger partial charge in [-0.15, -0.1) is 0 Å². The fraction of sp³-hybridized carbons (Fsp3) is 0.276. The number of hydrogen-bond acceptors (Lipinski definition) is 6. The lowest BCUT2D eigenvalue weighted by Crippen LogP contribution is -2.55. The Kier molecular flexibility index (Phi) is 7.60. The highest BCUT2D eigenvalue weighted by atomic mass is 19.1. The van der Waals surface area contributed by atoms with Gasteiger partial charge in [0.15, 0.2) is 5.78 Å². The molecule has 1 aliphatic rings. The van der Waals surface area contributed by atoms with Gasteiger partial charge in [0, 0.05) is 12.3 Å². The molecule has 7 heteroatoms. The number of hydrogen-bond donors (Lipinski definition) is 1. The number of ketones is 1. The zero-order valence-corrected chi connectivity index (χ0v) is 19.8. The van der Waals surface area contributed by atoms with Gasteiger partial charge in [-0.25, -0.2) is 4.39 Å². The smallest absolute Gasteiger partial charge is 0.317 e. The van der Waals surface area contributed by atoms with Crippen LogP contribution in [0, 0.1) is 17.7 Å². The van der Waals surface area contributed by atoms with Crippen LogP contribution in [0.5, 0.6) is 0 Å². The van der Waals surface area contributed by atoms with Gasteiger partial charge < -0.3 is 14.6 Å². The summed E-state index contributed by atoms with van der Waals surface area (Å²) in [5.41, 5.74) is -0.134. The molecule has 0 saturated heterocycles. The molecule has 0 spiro atoms. The van der Waals surface area contributed by atoms with Crippen molar-refractivity contribution in [1.82, 2.24) is 0 Å². The molecule has 4 atom stereocenters. The molecule has 3 aromatic carbocycles. The van der Waals surface area contributed by atoms with Crippen LogP contribution < -0.4 is 0 Å². The van der Waals surface area contributed by atoms with Gasteiger partial charge in [0.2, 0.25) is 0 Å². The van der Waals surface area contributed by atoms with Crippen molar-refractivity contribution in [3.8, 4) is 0 Å². The molecule has 1 aliphatic carbocycles. The molecule has 3 aromatic rings. The first-order chi connectivity index (χ1) is 17.3. The zero-order chi connectivity index (χ0) is 25.7. The molecule has 0 radical (unpaired) electrons. The highest BCUT2D eigenvalue weighted by molar-refractivity contribution is 6.02. The summed E-state index contributed by atoms with van der Waals surface area (Å²) in [6, 6.07) is 23.3. The Morgan fingerprint density at radius 1 is 0.889 bits per heavy atom. The zero-order valence-electron chi connectivity index (χ0n) is 19.8. The second-order valence-electron chi connectivity index (χ2n) is 9.22. The fourth-order valence-electron chi connectivity index (χ4n) is 4.77. The predicted molar refractivity (Wildman–Crippen MR) is 129 cm³/mol. The van der Waals surface area contributed by atoms with Gasteiger partial charge in [0.25, 0.3) is 0 Å². The number of carbonyl (C=O) groups is 3. The fourth-order valence-corrected chi connectivity index (χ4v) is 4.77. The highest BCUT2D eigenvalue weighted by Crippen LogP contribution is 2.47. The third-order valence-corrected chi connectivity index (χ3v) is 6.46. The summed E-state index contributed by atoms with van der Waals surface area (Å²) in [6.07, 6.45) is -0.449. The van der Waals surface area contributed by atoms with Crippen molar-refractivity contribution in [3.05, 3.63) is 107 Å². The molecule has 0 aliphatic heterocycles. The van der Waals surface area contributed by atoms with E-state index in [0.717, 1.165) is 17.2 Å². The summed E-state index contributed by atoms with van der Waals surface area (Å²) < 4.78 is 25.2. The summed E-state index contributed by atoms with van der Waals surface area (Å²) in [6.45, 7) is 1.23. The minimum absolute atomic E-state index is 0.0564. The van der Waals surface area contributed by atoms with E-state index >= 15 is 0 Å². The topological polar surface area (TPSA) is 89.9 Å². The summed E-state index contributed by atoms with van der Waals surface area (Å²) in [5.74, 6) is -6.71. The molecule has 4 rings (SSSR count). The Labute approximate surface area is 208 Å². The minimum atomic E-state index is -1.82. The Bertz CT molecular complexity index is 1220. The first-order valence-electron chi connectivity index (χ1n) is 11.7. The van der Waals surface area contributed by atoms with Crippen LogP contribution in [0.25, 0.3) is 0 Å². The molecule has 1 saturated carbocycles. The predicted octanol–water partition coefficient (Wildman–Crippen LogP) is 4.35. The molecule has 6 nitrogen and oxygen atoms in total. The number of benzene rings is 3. The number of carbonyl (C=O) groups excluding carboxylic acids is 3. The van der Waals surface area contributed by atoms with E-state index in [2.05, 4.69) is 0 Å². The maximum absolute atomic E-state index is 14.2. The Hall–Kier alpha value is -3.84. The number of Topliss-reactive ketones (excluding diaryl/α,β-unsaturated/α-hetero) is 1. The third-order valence-electron chi connectivity index (χ3n) is 6.46. The van der Waals surface area contributed by atoms with Gasteiger partial charge in [0.1, 0.15) is 24.9 Å². The number of aliphatic hydroxyl groups is 1. The summed E-state index contributed by atoms with van der Waals surface area (Å²) in [5, 5.41) is 11.2. The lowest BCUT2D eigenvalue weighted by atomic mass is 9.61. The van der Waals surface area contributed by atoms with Crippen molar-refractivity contribution in [2.24, 2.45) is 11.8 Å². The number of rotatable bonds is 7. The van der Waals surface area contributed by atoms with Gasteiger partial charge in [0.05, 0.1) is 11.5 Å². The quantitative estimate of drug-likeness (QED) is 0.391. The minimum Gasteiger partial charge on any atom is -0.461 e. The largest absolute Gasteiger partial charge is 0.461 e. The average Bonchev–Trinajstić information content (AvgIpc) is 2.86. The van der Waals surface area contributed by atoms with Crippen LogP contribution in [0.3, 0.4) is 0 Å². The van der Waals surface area contributed by atoms with Crippen molar-refractivity contribution in [1.29, 1.82) is 0 Å². The number of halogens is 1. The van der Waals surface area contributed by atoms with Gasteiger partial charge in [-0.05, 0) is 35.7 Å². The van der Waals surface area contributed by atoms with E-state index in [1.54, 1.807) is 48.5 Å². The summed E-state index contributed by atoms with van der Waals surface area (Å²) in [4.78, 5) is 39.8. The molecule has 1 N–H and O–H groups in total. The van der Waals surface area contributed by atoms with E-state index in [0.29, 0.717) is 0 Å². The molecule has 0 unspecified atom stereocenters. The summed E-state index contributed by atoms with van der Waals surface area (Å²) >= 11 is 0. The SMILES string of the molecule is C[C@]1(O)CC(=O)[C@H](C(=O)OCc2ccccc2)[C@@H](c2cccc(F)c2)[C@H]1C(=O)OCc1ccccc1. The Morgan fingerprint density at radius 3 is 2.00 bits per heavy atom. The van der Waals surface area contributed by atoms with Gasteiger partial charge in [-0.3, -0.25) is 14.4 Å². The third kappa shape index (κ3) is 5.69. The molecule has 1 fully saturated rings. The van der Waals surface area contributed by atoms with E-state index in [1.165, 1.54) is 25.1 Å². The molecule has 186 valence electrons. The van der Waals surface area contributed by atoms with Crippen LogP contribution in [-0.2, 0) is 37.1 Å². The van der Waals surface area contributed by atoms with Crippen molar-refractivity contribution >= 4 is 17.7 Å². The van der Waals surface area contributed by atoms with Crippen LogP contribution >= 0.6 is 0 Å². The first kappa shape index (κ1) is 25.3. The molecule has 36 heavy (non-hydrogen) atoms. The van der Waals surface area contributed by atoms with Crippen molar-refractivity contribution in [3.63, 3.8) is 0 Å². The average molecular weight is 491 g/mol. The standard InChI is InChI=1S/C29H27FO6/c1-29(34)16-23(31)25(27(32)35-17-19-9-4-2-5-10-19)24(21-13-8-14-22(30)15-21)26(29)28(33)36-18-20-11-6-3-7-12-20/h2-15,24-26,34H,16-18H2,1H3/t24-,25+,26+,29+/m1/s1. The maximum atomic E-state index is 14.2. The van der Waals surface area contributed by atoms with Crippen molar-refractivity contribution in [2.45, 2.75) is 38.1 Å². The molecule has 0 heterocycles. The van der Waals surface area contributed by atoms with E-state index in [1.807, 2.05) is 12.1 Å². The summed E-state index contributed by atoms with van der Waals surface area (Å²) in [7, 11) is 0. The normalized spacial score (nSPS) is 23.6. The van der Waals surface area contributed by atoms with Crippen LogP contribution in [0.1, 0.15) is 36.0 Å². The second-order valence-corrected chi connectivity index (χ2v) is 9.22. The first-order valence-corrected chi connectivity index (χ1v) is 11.7. The van der Waals surface area contributed by atoms with Gasteiger partial charge >= 0.3 is 11.9 Å². The van der Waals surface area contributed by atoms with Crippen LogP contribution in [0.4, 0.5) is 4.39 Å². The lowest BCUT2D eigenvalue weighted by Gasteiger charge is -2.43. The van der Waals surface area contributed by atoms with Gasteiger partial charge in [-0.2, -0.15) is 0 Å². The molecular weight excluding hydrogens is 463 g/mol. The van der Waals surface area contributed by atoms with Gasteiger partial charge in [-0.1, -0.05) is 72.8 Å². The highest BCUT2D eigenvalue weighted by Gasteiger charge is 2.57. The molecule has 0 aromatic heterocycles. The van der Waals surface area contributed by atoms with Crippen molar-refractivity contribution < 1.29 is 33.4 Å². The molecule has 0 amide bonds. The van der Waals surface area contributed by atoms with E-state index in [4.69, 9.17) is 9.47 Å². The number of ether oxygens (including phenoxy) is 2. The van der Waals surface area contributed by atoms with E-state index in [-0.39, 0.29) is 18.8 Å². The second kappa shape index (κ2) is 10.8. The number of esters is 2. The van der Waals surface area contributed by atoms with E-state index in [9.17, 15) is 23.9 Å². The Morgan fingerprint density at radius 2 is 1.44 bits per heavy atom. The van der Waals surface area contributed by atoms with Crippen LogP contribution in [0.2, 0.25) is 0 Å². The lowest BCUT2D eigenvalue weighted by molar-refractivity contribution is -0.174. The Balaban J connectivity index is 1.66.